The van der Waals surface area contributed by atoms with E-state index >= 15 is 0 Å². The largest absolute Gasteiger partial charge is 0.396 e. The van der Waals surface area contributed by atoms with Crippen LogP contribution in [0.2, 0.25) is 0 Å². The van der Waals surface area contributed by atoms with Crippen LogP contribution in [-0.4, -0.2) is 34.7 Å². The van der Waals surface area contributed by atoms with Gasteiger partial charge >= 0.3 is 0 Å². The minimum absolute atomic E-state index is 0.0546. The fourth-order valence-electron chi connectivity index (χ4n) is 4.63. The predicted molar refractivity (Wildman–Crippen MR) is 112 cm³/mol. The van der Waals surface area contributed by atoms with Crippen molar-refractivity contribution in [2.24, 2.45) is 5.41 Å². The van der Waals surface area contributed by atoms with Gasteiger partial charge in [-0.15, -0.1) is 0 Å². The highest BCUT2D eigenvalue weighted by Crippen LogP contribution is 2.35. The molecular weight excluding hydrogens is 332 g/mol. The van der Waals surface area contributed by atoms with Crippen molar-refractivity contribution in [3.8, 4) is 0 Å². The maximum atomic E-state index is 10.2. The number of piperidine rings is 1. The number of para-hydroxylation sites is 1. The zero-order valence-electron chi connectivity index (χ0n) is 16.0. The smallest absolute Gasteiger partial charge is 0.0499 e. The van der Waals surface area contributed by atoms with E-state index in [-0.39, 0.29) is 5.41 Å². The molecule has 0 aliphatic carbocycles. The number of fused-ring (bicyclic) bond motifs is 1. The molecule has 2 aromatic carbocycles. The first kappa shape index (κ1) is 18.3. The third-order valence-corrected chi connectivity index (χ3v) is 6.07. The highest BCUT2D eigenvalue weighted by atomic mass is 16.3. The van der Waals surface area contributed by atoms with E-state index in [9.17, 15) is 5.11 Å². The molecular formula is C24H30N2O. The van der Waals surface area contributed by atoms with Gasteiger partial charge in [-0.05, 0) is 61.7 Å². The SMILES string of the molecule is OCC1(CCCc2ccccc2)CCCN(Cc2cc3ccccc3[nH]2)C1. The molecule has 3 nitrogen and oxygen atoms in total. The second kappa shape index (κ2) is 8.28. The number of aromatic amines is 1. The molecule has 1 aliphatic rings. The topological polar surface area (TPSA) is 39.3 Å². The summed E-state index contributed by atoms with van der Waals surface area (Å²) in [7, 11) is 0. The molecule has 0 bridgehead atoms. The summed E-state index contributed by atoms with van der Waals surface area (Å²) < 4.78 is 0. The minimum atomic E-state index is 0.0546. The van der Waals surface area contributed by atoms with Crippen molar-refractivity contribution < 1.29 is 5.11 Å². The number of aliphatic hydroxyl groups excluding tert-OH is 1. The summed E-state index contributed by atoms with van der Waals surface area (Å²) in [4.78, 5) is 6.07. The standard InChI is InChI=1S/C24H30N2O/c27-19-24(13-6-10-20-8-2-1-3-9-20)14-7-15-26(18-24)17-22-16-21-11-4-5-12-23(21)25-22/h1-5,8-9,11-12,16,25,27H,6-7,10,13-15,17-19H2. The Morgan fingerprint density at radius 3 is 2.67 bits per heavy atom. The lowest BCUT2D eigenvalue weighted by Crippen LogP contribution is -2.45. The van der Waals surface area contributed by atoms with Crippen LogP contribution in [0.5, 0.6) is 0 Å². The summed E-state index contributed by atoms with van der Waals surface area (Å²) in [5.74, 6) is 0. The second-order valence-corrected chi connectivity index (χ2v) is 8.19. The molecule has 142 valence electrons. The van der Waals surface area contributed by atoms with Gasteiger partial charge < -0.3 is 10.1 Å². The Bertz CT molecular complexity index is 824. The van der Waals surface area contributed by atoms with Crippen LogP contribution in [0.4, 0.5) is 0 Å². The highest BCUT2D eigenvalue weighted by Gasteiger charge is 2.34. The first-order valence-corrected chi connectivity index (χ1v) is 10.2. The summed E-state index contributed by atoms with van der Waals surface area (Å²) in [6.07, 6.45) is 5.66. The molecule has 2 heterocycles. The Morgan fingerprint density at radius 2 is 1.85 bits per heavy atom. The zero-order chi connectivity index (χ0) is 18.5. The van der Waals surface area contributed by atoms with Crippen LogP contribution in [0, 0.1) is 5.41 Å². The number of aryl methyl sites for hydroxylation is 1. The first-order chi connectivity index (χ1) is 13.3. The van der Waals surface area contributed by atoms with Gasteiger partial charge in [0.2, 0.25) is 0 Å². The summed E-state index contributed by atoms with van der Waals surface area (Å²) in [5, 5.41) is 11.5. The number of hydrogen-bond donors (Lipinski definition) is 2. The number of rotatable bonds is 7. The van der Waals surface area contributed by atoms with E-state index in [4.69, 9.17) is 0 Å². The van der Waals surface area contributed by atoms with E-state index in [1.165, 1.54) is 28.6 Å². The van der Waals surface area contributed by atoms with Crippen LogP contribution >= 0.6 is 0 Å². The summed E-state index contributed by atoms with van der Waals surface area (Å²) in [6, 6.07) is 21.4. The summed E-state index contributed by atoms with van der Waals surface area (Å²) in [5.41, 5.74) is 3.94. The highest BCUT2D eigenvalue weighted by molar-refractivity contribution is 5.80. The number of likely N-dealkylation sites (tertiary alicyclic amines) is 1. The van der Waals surface area contributed by atoms with Crippen LogP contribution < -0.4 is 0 Å². The lowest BCUT2D eigenvalue weighted by molar-refractivity contribution is 0.0204. The maximum absolute atomic E-state index is 10.2. The fraction of sp³-hybridized carbons (Fsp3) is 0.417. The summed E-state index contributed by atoms with van der Waals surface area (Å²) in [6.45, 7) is 3.35. The molecule has 4 rings (SSSR count). The Morgan fingerprint density at radius 1 is 1.04 bits per heavy atom. The van der Waals surface area contributed by atoms with Crippen molar-refractivity contribution in [1.29, 1.82) is 0 Å². The van der Waals surface area contributed by atoms with Crippen LogP contribution in [-0.2, 0) is 13.0 Å². The summed E-state index contributed by atoms with van der Waals surface area (Å²) >= 11 is 0. The van der Waals surface area contributed by atoms with Crippen LogP contribution in [0.25, 0.3) is 10.9 Å². The number of aromatic nitrogens is 1. The molecule has 1 aliphatic heterocycles. The van der Waals surface area contributed by atoms with Crippen molar-refractivity contribution in [2.75, 3.05) is 19.7 Å². The van der Waals surface area contributed by atoms with Gasteiger partial charge in [0.05, 0.1) is 0 Å². The molecule has 1 aromatic heterocycles. The van der Waals surface area contributed by atoms with Gasteiger partial charge in [-0.25, -0.2) is 0 Å². The number of H-pyrrole nitrogens is 1. The van der Waals surface area contributed by atoms with E-state index < -0.39 is 0 Å². The van der Waals surface area contributed by atoms with E-state index in [0.717, 1.165) is 45.3 Å². The van der Waals surface area contributed by atoms with E-state index in [1.54, 1.807) is 0 Å². The van der Waals surface area contributed by atoms with Gasteiger partial charge in [0, 0.05) is 36.3 Å². The molecule has 3 aromatic rings. The monoisotopic (exact) mass is 362 g/mol. The predicted octanol–water partition coefficient (Wildman–Crippen LogP) is 4.77. The van der Waals surface area contributed by atoms with Gasteiger partial charge in [-0.2, -0.15) is 0 Å². The van der Waals surface area contributed by atoms with Crippen molar-refractivity contribution in [3.63, 3.8) is 0 Å². The Balaban J connectivity index is 1.37. The molecule has 0 radical (unpaired) electrons. The van der Waals surface area contributed by atoms with Gasteiger partial charge in [0.15, 0.2) is 0 Å². The van der Waals surface area contributed by atoms with Crippen LogP contribution in [0.15, 0.2) is 60.7 Å². The average Bonchev–Trinajstić information content (AvgIpc) is 3.11. The molecule has 0 saturated carbocycles. The van der Waals surface area contributed by atoms with Gasteiger partial charge in [-0.1, -0.05) is 48.5 Å². The minimum Gasteiger partial charge on any atom is -0.396 e. The van der Waals surface area contributed by atoms with Gasteiger partial charge in [0.25, 0.3) is 0 Å². The van der Waals surface area contributed by atoms with Gasteiger partial charge in [-0.3, -0.25) is 4.90 Å². The molecule has 1 atom stereocenters. The third-order valence-electron chi connectivity index (χ3n) is 6.07. The molecule has 3 heteroatoms. The number of nitrogens with zero attached hydrogens (tertiary/aromatic N) is 1. The molecule has 1 fully saturated rings. The van der Waals surface area contributed by atoms with E-state index in [0.29, 0.717) is 6.61 Å². The molecule has 0 amide bonds. The van der Waals surface area contributed by atoms with Crippen molar-refractivity contribution in [2.45, 2.75) is 38.6 Å². The third kappa shape index (κ3) is 4.42. The van der Waals surface area contributed by atoms with Crippen molar-refractivity contribution in [1.82, 2.24) is 9.88 Å². The van der Waals surface area contributed by atoms with Crippen molar-refractivity contribution in [3.05, 3.63) is 71.9 Å². The number of hydrogen-bond acceptors (Lipinski definition) is 2. The number of aliphatic hydroxyl groups is 1. The number of nitrogens with one attached hydrogen (secondary N) is 1. The molecule has 1 unspecified atom stereocenters. The second-order valence-electron chi connectivity index (χ2n) is 8.19. The van der Waals surface area contributed by atoms with Crippen molar-refractivity contribution >= 4 is 10.9 Å². The molecule has 2 N–H and O–H groups in total. The molecule has 1 saturated heterocycles. The quantitative estimate of drug-likeness (QED) is 0.636. The number of benzene rings is 2. The normalized spacial score (nSPS) is 20.9. The lowest BCUT2D eigenvalue weighted by atomic mass is 9.76. The van der Waals surface area contributed by atoms with E-state index in [1.807, 2.05) is 0 Å². The Labute approximate surface area is 162 Å². The maximum Gasteiger partial charge on any atom is 0.0499 e. The molecule has 27 heavy (non-hydrogen) atoms. The zero-order valence-corrected chi connectivity index (χ0v) is 16.0. The fourth-order valence-corrected chi connectivity index (χ4v) is 4.63. The molecule has 0 spiro atoms. The Kier molecular flexibility index (Phi) is 5.61. The van der Waals surface area contributed by atoms with Gasteiger partial charge in [0.1, 0.15) is 0 Å². The van der Waals surface area contributed by atoms with E-state index in [2.05, 4.69) is 70.5 Å². The lowest BCUT2D eigenvalue weighted by Gasteiger charge is -2.42. The average molecular weight is 363 g/mol. The van der Waals surface area contributed by atoms with Crippen LogP contribution in [0.1, 0.15) is 36.9 Å². The Hall–Kier alpha value is -2.10. The first-order valence-electron chi connectivity index (χ1n) is 10.2. The van der Waals surface area contributed by atoms with Crippen LogP contribution in [0.3, 0.4) is 0 Å².